The van der Waals surface area contributed by atoms with Gasteiger partial charge in [-0.15, -0.1) is 11.3 Å². The molecule has 0 saturated heterocycles. The second-order valence-electron chi connectivity index (χ2n) is 18.5. The zero-order chi connectivity index (χ0) is 45.3. The first-order chi connectivity index (χ1) is 34.2. The minimum Gasteiger partial charge on any atom is -0.297 e. The Morgan fingerprint density at radius 2 is 0.696 bits per heavy atom. The van der Waals surface area contributed by atoms with Gasteiger partial charge in [0.1, 0.15) is 5.82 Å². The molecule has 69 heavy (non-hydrogen) atoms. The van der Waals surface area contributed by atoms with E-state index in [2.05, 4.69) is 236 Å². The van der Waals surface area contributed by atoms with Gasteiger partial charge in [0.2, 0.25) is 0 Å². The second kappa shape index (κ2) is 14.7. The molecule has 15 rings (SSSR count). The first-order valence-corrected chi connectivity index (χ1v) is 24.6. The van der Waals surface area contributed by atoms with Crippen LogP contribution in [0.15, 0.2) is 224 Å². The van der Waals surface area contributed by atoms with Crippen molar-refractivity contribution in [1.29, 1.82) is 0 Å². The van der Waals surface area contributed by atoms with Crippen LogP contribution in [0.25, 0.3) is 146 Å². The van der Waals surface area contributed by atoms with E-state index in [-0.39, 0.29) is 0 Å². The minimum atomic E-state index is 0.979. The van der Waals surface area contributed by atoms with E-state index in [1.807, 2.05) is 11.3 Å². The first-order valence-electron chi connectivity index (χ1n) is 23.8. The smallest absolute Gasteiger partial charge is 0.111 e. The highest BCUT2D eigenvalue weighted by Crippen LogP contribution is 2.51. The van der Waals surface area contributed by atoms with Crippen molar-refractivity contribution in [1.82, 2.24) is 9.55 Å². The van der Waals surface area contributed by atoms with Crippen molar-refractivity contribution < 1.29 is 0 Å². The summed E-state index contributed by atoms with van der Waals surface area (Å²) in [5, 5.41) is 20.5. The summed E-state index contributed by atoms with van der Waals surface area (Å²) in [4.78, 5) is 4.86. The topological polar surface area (TPSA) is 17.8 Å². The van der Waals surface area contributed by atoms with Crippen molar-refractivity contribution in [2.24, 2.45) is 0 Å². The number of aryl methyl sites for hydroxylation is 1. The Hall–Kier alpha value is -8.63. The van der Waals surface area contributed by atoms with Crippen LogP contribution in [-0.4, -0.2) is 9.55 Å². The van der Waals surface area contributed by atoms with Gasteiger partial charge in [-0.25, -0.2) is 4.98 Å². The van der Waals surface area contributed by atoms with Crippen molar-refractivity contribution in [2.75, 3.05) is 0 Å². The first kappa shape index (κ1) is 38.5. The lowest BCUT2D eigenvalue weighted by Crippen LogP contribution is -1.97. The molecule has 2 heterocycles. The third-order valence-corrected chi connectivity index (χ3v) is 16.0. The molecule has 0 unspecified atom stereocenters. The van der Waals surface area contributed by atoms with E-state index in [0.717, 1.165) is 22.5 Å². The van der Waals surface area contributed by atoms with Crippen LogP contribution >= 0.6 is 11.3 Å². The number of fused-ring (bicyclic) bond motifs is 14. The van der Waals surface area contributed by atoms with E-state index >= 15 is 0 Å². The molecule has 0 atom stereocenters. The fourth-order valence-corrected chi connectivity index (χ4v) is 13.2. The van der Waals surface area contributed by atoms with Crippen molar-refractivity contribution in [3.8, 4) is 39.1 Å². The Kier molecular flexibility index (Phi) is 8.19. The maximum atomic E-state index is 4.86. The van der Waals surface area contributed by atoms with Crippen LogP contribution in [0, 0.1) is 6.92 Å². The van der Waals surface area contributed by atoms with Gasteiger partial charge in [-0.05, 0) is 158 Å². The van der Waals surface area contributed by atoms with Crippen molar-refractivity contribution >= 4 is 118 Å². The van der Waals surface area contributed by atoms with E-state index < -0.39 is 0 Å². The van der Waals surface area contributed by atoms with Gasteiger partial charge < -0.3 is 0 Å². The molecule has 0 bridgehead atoms. The summed E-state index contributed by atoms with van der Waals surface area (Å²) in [6, 6.07) is 83.6. The number of benzene rings is 13. The van der Waals surface area contributed by atoms with Gasteiger partial charge >= 0.3 is 0 Å². The van der Waals surface area contributed by atoms with E-state index in [0.29, 0.717) is 0 Å². The van der Waals surface area contributed by atoms with Gasteiger partial charge in [0.25, 0.3) is 0 Å². The molecule has 0 amide bonds. The molecule has 15 aromatic rings. The van der Waals surface area contributed by atoms with Crippen LogP contribution in [-0.2, 0) is 0 Å². The van der Waals surface area contributed by atoms with Crippen molar-refractivity contribution in [3.63, 3.8) is 0 Å². The maximum absolute atomic E-state index is 4.86. The molecule has 3 heteroatoms. The lowest BCUT2D eigenvalue weighted by atomic mass is 9.81. The average molecular weight is 893 g/mol. The quantitative estimate of drug-likeness (QED) is 0.127. The molecule has 0 saturated carbocycles. The Balaban J connectivity index is 0.945. The highest BCUT2D eigenvalue weighted by Gasteiger charge is 2.23. The predicted octanol–water partition coefficient (Wildman–Crippen LogP) is 18.8. The summed E-state index contributed by atoms with van der Waals surface area (Å²) in [5.41, 5.74) is 10.7. The Labute approximate surface area is 401 Å². The molecule has 0 aliphatic rings. The summed E-state index contributed by atoms with van der Waals surface area (Å²) >= 11 is 1.91. The number of aromatic nitrogens is 2. The number of hydrogen-bond acceptors (Lipinski definition) is 2. The van der Waals surface area contributed by atoms with Gasteiger partial charge in [-0.3, -0.25) is 4.57 Å². The minimum absolute atomic E-state index is 0.979. The zero-order valence-corrected chi connectivity index (χ0v) is 38.5. The maximum Gasteiger partial charge on any atom is 0.111 e. The predicted molar refractivity (Wildman–Crippen MR) is 298 cm³/mol. The van der Waals surface area contributed by atoms with Crippen LogP contribution in [0.3, 0.4) is 0 Å². The highest BCUT2D eigenvalue weighted by atomic mass is 32.1. The van der Waals surface area contributed by atoms with Gasteiger partial charge in [-0.2, -0.15) is 0 Å². The number of rotatable bonds is 4. The summed E-state index contributed by atoms with van der Waals surface area (Å²) in [5.74, 6) is 0.979. The van der Waals surface area contributed by atoms with Crippen LogP contribution in [0.4, 0.5) is 0 Å². The molecule has 0 aliphatic carbocycles. The molecule has 13 aromatic carbocycles. The molecule has 320 valence electrons. The highest BCUT2D eigenvalue weighted by molar-refractivity contribution is 7.26. The van der Waals surface area contributed by atoms with Crippen molar-refractivity contribution in [3.05, 3.63) is 230 Å². The van der Waals surface area contributed by atoms with E-state index in [1.54, 1.807) is 0 Å². The van der Waals surface area contributed by atoms with Gasteiger partial charge in [0, 0.05) is 25.9 Å². The molecule has 0 N–H and O–H groups in total. The summed E-state index contributed by atoms with van der Waals surface area (Å²) < 4.78 is 4.88. The van der Waals surface area contributed by atoms with Crippen LogP contribution in [0.2, 0.25) is 0 Å². The molecule has 2 nitrogen and oxygen atoms in total. The fraction of sp³-hybridized carbons (Fsp3) is 0.0152. The monoisotopic (exact) mass is 892 g/mol. The van der Waals surface area contributed by atoms with Crippen LogP contribution < -0.4 is 0 Å². The second-order valence-corrected chi connectivity index (χ2v) is 19.6. The average Bonchev–Trinajstić information content (AvgIpc) is 3.94. The lowest BCUT2D eigenvalue weighted by molar-refractivity contribution is 1.00. The molecule has 0 fully saturated rings. The zero-order valence-electron chi connectivity index (χ0n) is 37.7. The summed E-state index contributed by atoms with van der Waals surface area (Å²) in [7, 11) is 0. The van der Waals surface area contributed by atoms with Gasteiger partial charge in [-0.1, -0.05) is 182 Å². The molecule has 0 radical (unpaired) electrons. The third kappa shape index (κ3) is 5.57. The number of nitrogens with zero attached hydrogens (tertiary/aromatic N) is 2. The molecular weight excluding hydrogens is 853 g/mol. The normalized spacial score (nSPS) is 12.1. The Morgan fingerprint density at radius 3 is 1.22 bits per heavy atom. The standard InChI is InChI=1S/C66H40N2S/c1-39-67-59-28-14-15-29-60(59)68(39)42-33-30-40(31-34-42)63-48-20-6-10-24-52(48)65(53-25-11-7-21-49(53)63)66-54-26-12-8-22-50(54)64(51-23-9-13-27-55(51)66)41-32-35-47-58-37-56-45-18-4-2-16-43(45)44-17-3-5-19-46(44)57(56)38-62(58)69-61(47)36-41/h2-38H,1H3. The fourth-order valence-electron chi connectivity index (χ4n) is 12.0. The third-order valence-electron chi connectivity index (χ3n) is 14.9. The largest absolute Gasteiger partial charge is 0.297 e. The number of thiophene rings is 1. The van der Waals surface area contributed by atoms with E-state index in [9.17, 15) is 0 Å². The Morgan fingerprint density at radius 1 is 0.304 bits per heavy atom. The number of para-hydroxylation sites is 2. The SMILES string of the molecule is Cc1nc2ccccc2n1-c1ccc(-c2c3ccccc3c(-c3c4ccccc4c(-c4ccc5c(c4)sc4cc6c7ccccc7c7ccccc7c6cc45)c4ccccc34)c3ccccc23)cc1. The van der Waals surface area contributed by atoms with Crippen molar-refractivity contribution in [2.45, 2.75) is 6.92 Å². The molecular formula is C66H40N2S. The van der Waals surface area contributed by atoms with Crippen LogP contribution in [0.1, 0.15) is 5.82 Å². The van der Waals surface area contributed by atoms with Gasteiger partial charge in [0.05, 0.1) is 11.0 Å². The molecule has 0 spiro atoms. The van der Waals surface area contributed by atoms with E-state index in [4.69, 9.17) is 4.98 Å². The molecule has 0 aliphatic heterocycles. The Bertz CT molecular complexity index is 4550. The number of hydrogen-bond donors (Lipinski definition) is 0. The molecule has 2 aromatic heterocycles. The number of imidazole rings is 1. The summed E-state index contributed by atoms with van der Waals surface area (Å²) in [6.07, 6.45) is 0. The van der Waals surface area contributed by atoms with Gasteiger partial charge in [0.15, 0.2) is 0 Å². The van der Waals surface area contributed by atoms with Crippen LogP contribution in [0.5, 0.6) is 0 Å². The van der Waals surface area contributed by atoms with E-state index in [1.165, 1.54) is 129 Å². The summed E-state index contributed by atoms with van der Waals surface area (Å²) in [6.45, 7) is 2.08. The lowest BCUT2D eigenvalue weighted by Gasteiger charge is -2.22.